The summed E-state index contributed by atoms with van der Waals surface area (Å²) in [6.07, 6.45) is -0.0380. The van der Waals surface area contributed by atoms with Gasteiger partial charge in [0.25, 0.3) is 12.1 Å². The van der Waals surface area contributed by atoms with E-state index in [1.807, 2.05) is 0 Å². The molecule has 0 spiro atoms. The van der Waals surface area contributed by atoms with Crippen LogP contribution >= 0.6 is 0 Å². The van der Waals surface area contributed by atoms with Crippen LogP contribution in [0.4, 0.5) is 0 Å². The molecule has 4 rings (SSSR count). The van der Waals surface area contributed by atoms with E-state index in [-0.39, 0.29) is 17.7 Å². The average molecular weight is 488 g/mol. The van der Waals surface area contributed by atoms with E-state index in [1.165, 1.54) is 16.8 Å². The van der Waals surface area contributed by atoms with E-state index >= 15 is 0 Å². The lowest BCUT2D eigenvalue weighted by atomic mass is 10.1. The van der Waals surface area contributed by atoms with Crippen LogP contribution in [0.1, 0.15) is 37.3 Å². The van der Waals surface area contributed by atoms with E-state index in [9.17, 15) is 19.9 Å². The Hall–Kier alpha value is -4.73. The third kappa shape index (κ3) is 5.49. The predicted molar refractivity (Wildman–Crippen MR) is 124 cm³/mol. The monoisotopic (exact) mass is 488 g/mol. The number of hydrogen-bond acceptors (Lipinski definition) is 7. The maximum Gasteiger partial charge on any atom is 0.338 e. The van der Waals surface area contributed by atoms with Crippen molar-refractivity contribution in [3.05, 3.63) is 112 Å². The number of primary amides is 1. The zero-order chi connectivity index (χ0) is 25.5. The largest absolute Gasteiger partial charge is 0.459 e. The number of amides is 1. The Morgan fingerprint density at radius 1 is 0.944 bits per heavy atom. The number of rotatable bonds is 8. The first-order valence-corrected chi connectivity index (χ1v) is 11.0. The Kier molecular flexibility index (Phi) is 7.54. The highest BCUT2D eigenvalue weighted by Gasteiger charge is 2.52. The molecule has 1 aromatic heterocycles. The van der Waals surface area contributed by atoms with Crippen LogP contribution in [-0.4, -0.2) is 42.7 Å². The van der Waals surface area contributed by atoms with Gasteiger partial charge in [0.15, 0.2) is 18.4 Å². The molecule has 2 N–H and O–H groups in total. The van der Waals surface area contributed by atoms with Crippen LogP contribution in [0, 0.1) is 0 Å². The fourth-order valence-corrected chi connectivity index (χ4v) is 3.81. The second kappa shape index (κ2) is 11.1. The summed E-state index contributed by atoms with van der Waals surface area (Å²) in [6, 6.07) is 18.7. The van der Waals surface area contributed by atoms with Crippen molar-refractivity contribution in [2.24, 2.45) is 10.8 Å². The number of carbonyl (C=O) groups excluding carboxylic acids is 3. The van der Waals surface area contributed by atoms with Crippen molar-refractivity contribution >= 4 is 17.8 Å². The molecule has 1 amide bonds. The third-order valence-corrected chi connectivity index (χ3v) is 5.54. The van der Waals surface area contributed by atoms with E-state index in [4.69, 9.17) is 19.9 Å². The van der Waals surface area contributed by atoms with Gasteiger partial charge in [0.05, 0.1) is 11.1 Å². The zero-order valence-corrected chi connectivity index (χ0v) is 18.9. The lowest BCUT2D eigenvalue weighted by molar-refractivity contribution is -0.760. The maximum atomic E-state index is 12.9. The van der Waals surface area contributed by atoms with Crippen molar-refractivity contribution < 1.29 is 33.2 Å². The minimum Gasteiger partial charge on any atom is -0.459 e. The van der Waals surface area contributed by atoms with E-state index in [1.54, 1.807) is 72.9 Å². The summed E-state index contributed by atoms with van der Waals surface area (Å²) in [7, 11) is 0. The van der Waals surface area contributed by atoms with Crippen molar-refractivity contribution in [3.63, 3.8) is 0 Å². The van der Waals surface area contributed by atoms with Crippen molar-refractivity contribution in [1.29, 1.82) is 0 Å². The van der Waals surface area contributed by atoms with Gasteiger partial charge in [-0.05, 0) is 35.9 Å². The Morgan fingerprint density at radius 3 is 2.17 bits per heavy atom. The molecule has 36 heavy (non-hydrogen) atoms. The molecule has 1 aliphatic rings. The molecule has 1 aliphatic heterocycles. The summed E-state index contributed by atoms with van der Waals surface area (Å²) in [5, 5.41) is 3.82. The minimum absolute atomic E-state index is 0.192. The molecule has 2 heterocycles. The molecule has 182 valence electrons. The quantitative estimate of drug-likeness (QED) is 0.169. The number of pyridine rings is 1. The molecule has 0 aliphatic carbocycles. The van der Waals surface area contributed by atoms with Crippen LogP contribution in [0.25, 0.3) is 10.4 Å². The van der Waals surface area contributed by atoms with Crippen LogP contribution in [0.2, 0.25) is 0 Å². The molecule has 11 nitrogen and oxygen atoms in total. The number of nitrogens with zero attached hydrogens (tertiary/aromatic N) is 4. The molecule has 3 aromatic rings. The molecule has 0 saturated carbocycles. The molecule has 11 heteroatoms. The Bertz CT molecular complexity index is 1300. The zero-order valence-electron chi connectivity index (χ0n) is 18.9. The van der Waals surface area contributed by atoms with Crippen molar-refractivity contribution in [2.45, 2.75) is 24.5 Å². The van der Waals surface area contributed by atoms with E-state index in [2.05, 4.69) is 10.0 Å². The third-order valence-electron chi connectivity index (χ3n) is 5.54. The first-order valence-electron chi connectivity index (χ1n) is 11.0. The summed E-state index contributed by atoms with van der Waals surface area (Å²) in [5.74, 6) is -1.93. The van der Waals surface area contributed by atoms with Gasteiger partial charge in [-0.3, -0.25) is 4.79 Å². The number of aromatic nitrogens is 1. The van der Waals surface area contributed by atoms with Crippen molar-refractivity contribution in [1.82, 2.24) is 0 Å². The molecule has 1 saturated heterocycles. The van der Waals surface area contributed by atoms with Gasteiger partial charge in [0.2, 0.25) is 0 Å². The van der Waals surface area contributed by atoms with Crippen LogP contribution in [-0.2, 0) is 14.2 Å². The molecule has 2 aromatic carbocycles. The summed E-state index contributed by atoms with van der Waals surface area (Å²) in [6.45, 7) is -0.287. The summed E-state index contributed by atoms with van der Waals surface area (Å²) >= 11 is 0. The fourth-order valence-electron chi connectivity index (χ4n) is 3.81. The molecule has 4 atom stereocenters. The van der Waals surface area contributed by atoms with Crippen LogP contribution < -0.4 is 10.3 Å². The highest BCUT2D eigenvalue weighted by Crippen LogP contribution is 2.32. The molecule has 2 unspecified atom stereocenters. The van der Waals surface area contributed by atoms with Gasteiger partial charge >= 0.3 is 11.9 Å². The number of ether oxygens (including phenoxy) is 3. The number of nitrogens with two attached hydrogens (primary N) is 1. The molecule has 0 bridgehead atoms. The molecule has 1 fully saturated rings. The highest BCUT2D eigenvalue weighted by molar-refractivity contribution is 5.92. The highest BCUT2D eigenvalue weighted by atomic mass is 16.6. The van der Waals surface area contributed by atoms with Gasteiger partial charge in [-0.25, -0.2) is 9.59 Å². The summed E-state index contributed by atoms with van der Waals surface area (Å²) < 4.78 is 18.7. The number of carbonyl (C=O) groups is 3. The Morgan fingerprint density at radius 2 is 1.56 bits per heavy atom. The first kappa shape index (κ1) is 24.4. The lowest BCUT2D eigenvalue weighted by Crippen LogP contribution is -2.46. The van der Waals surface area contributed by atoms with Gasteiger partial charge < -0.3 is 19.9 Å². The SMILES string of the molecule is [N-]=[N+]=NC1[C@H](OC(=O)c2ccccc2)C(COC(=O)c2ccccc2)O[C@H]1[n+]1cccc(C(N)=O)c1. The second-order valence-electron chi connectivity index (χ2n) is 7.87. The summed E-state index contributed by atoms with van der Waals surface area (Å²) in [4.78, 5) is 39.9. The first-order chi connectivity index (χ1) is 17.5. The molecular weight excluding hydrogens is 466 g/mol. The smallest absolute Gasteiger partial charge is 0.338 e. The van der Waals surface area contributed by atoms with E-state index in [0.717, 1.165) is 0 Å². The average Bonchev–Trinajstić information content (AvgIpc) is 3.25. The predicted octanol–water partition coefficient (Wildman–Crippen LogP) is 2.73. The van der Waals surface area contributed by atoms with Gasteiger partial charge in [-0.15, -0.1) is 0 Å². The normalized spacial score (nSPS) is 20.7. The van der Waals surface area contributed by atoms with Gasteiger partial charge in [-0.1, -0.05) is 41.5 Å². The number of azide groups is 1. The molecular formula is C25H22N5O6+. The van der Waals surface area contributed by atoms with Crippen molar-refractivity contribution in [2.75, 3.05) is 6.61 Å². The number of benzene rings is 2. The van der Waals surface area contributed by atoms with Gasteiger partial charge in [0, 0.05) is 11.0 Å². The Labute approximate surface area is 205 Å². The summed E-state index contributed by atoms with van der Waals surface area (Å²) in [5.41, 5.74) is 15.5. The molecule has 0 radical (unpaired) electrons. The lowest BCUT2D eigenvalue weighted by Gasteiger charge is -2.20. The topological polar surface area (TPSA) is 158 Å². The van der Waals surface area contributed by atoms with Gasteiger partial charge in [0.1, 0.15) is 24.4 Å². The Balaban J connectivity index is 1.63. The van der Waals surface area contributed by atoms with E-state index < -0.39 is 42.3 Å². The minimum atomic E-state index is -1.10. The van der Waals surface area contributed by atoms with Gasteiger partial charge in [-0.2, -0.15) is 4.57 Å². The fraction of sp³-hybridized carbons (Fsp3) is 0.200. The number of hydrogen-bond donors (Lipinski definition) is 1. The van der Waals surface area contributed by atoms with Crippen LogP contribution in [0.15, 0.2) is 90.3 Å². The second-order valence-corrected chi connectivity index (χ2v) is 7.87. The standard InChI is InChI=1S/C25H21N5O6/c26-22(31)18-12-7-13-30(14-18)23-20(28-29-27)21(36-25(33)17-10-5-2-6-11-17)19(35-23)15-34-24(32)16-8-3-1-4-9-16/h1-14,19-21,23H,15H2,(H-,26,31)/p+1/t19?,20?,21-,23-/m1/s1. The van der Waals surface area contributed by atoms with Crippen LogP contribution in [0.3, 0.4) is 0 Å². The van der Waals surface area contributed by atoms with Crippen molar-refractivity contribution in [3.8, 4) is 0 Å². The van der Waals surface area contributed by atoms with E-state index in [0.29, 0.717) is 5.56 Å². The maximum absolute atomic E-state index is 12.9. The number of esters is 2. The van der Waals surface area contributed by atoms with Crippen LogP contribution in [0.5, 0.6) is 0 Å².